The van der Waals surface area contributed by atoms with Crippen LogP contribution in [0.3, 0.4) is 0 Å². The molecule has 0 spiro atoms. The van der Waals surface area contributed by atoms with Crippen LogP contribution in [0.1, 0.15) is 64.9 Å². The fraction of sp³-hybridized carbons (Fsp3) is 0.450. The second kappa shape index (κ2) is 5.69. The Morgan fingerprint density at radius 2 is 1.71 bits per heavy atom. The molecule has 0 atom stereocenters. The van der Waals surface area contributed by atoms with Gasteiger partial charge >= 0.3 is 0 Å². The summed E-state index contributed by atoms with van der Waals surface area (Å²) in [4.78, 5) is 24.0. The number of hydrogen-bond donors (Lipinski definition) is 0. The molecule has 4 heteroatoms. The third-order valence-corrected chi connectivity index (χ3v) is 4.69. The van der Waals surface area contributed by atoms with Gasteiger partial charge in [0.25, 0.3) is 5.91 Å². The molecule has 1 aliphatic rings. The van der Waals surface area contributed by atoms with Crippen LogP contribution in [0, 0.1) is 20.8 Å². The monoisotopic (exact) mass is 323 g/mol. The lowest BCUT2D eigenvalue weighted by Gasteiger charge is -2.18. The van der Waals surface area contributed by atoms with Crippen LogP contribution in [-0.2, 0) is 18.5 Å². The predicted molar refractivity (Wildman–Crippen MR) is 95.0 cm³/mol. The lowest BCUT2D eigenvalue weighted by molar-refractivity contribution is 0.0749. The Morgan fingerprint density at radius 3 is 2.38 bits per heavy atom. The lowest BCUT2D eigenvalue weighted by atomic mass is 9.95. The summed E-state index contributed by atoms with van der Waals surface area (Å²) in [6.45, 7) is 13.6. The average Bonchev–Trinajstić information content (AvgIpc) is 2.92. The molecule has 0 N–H and O–H groups in total. The first-order chi connectivity index (χ1) is 11.2. The summed E-state index contributed by atoms with van der Waals surface area (Å²) in [5, 5.41) is 0. The van der Waals surface area contributed by atoms with Crippen LogP contribution in [-0.4, -0.2) is 20.8 Å². The van der Waals surface area contributed by atoms with Gasteiger partial charge in [0.1, 0.15) is 5.82 Å². The van der Waals surface area contributed by atoms with Crippen LogP contribution in [0.25, 0.3) is 0 Å². The van der Waals surface area contributed by atoms with Gasteiger partial charge < -0.3 is 4.90 Å². The Bertz CT molecular complexity index is 818. The molecule has 0 unspecified atom stereocenters. The molecule has 1 aromatic heterocycles. The minimum Gasteiger partial charge on any atom is -0.328 e. The highest BCUT2D eigenvalue weighted by molar-refractivity contribution is 5.96. The van der Waals surface area contributed by atoms with Crippen LogP contribution < -0.4 is 0 Å². The van der Waals surface area contributed by atoms with Crippen molar-refractivity contribution in [3.63, 3.8) is 0 Å². The number of nitrogens with zero attached hydrogens (tertiary/aromatic N) is 3. The first kappa shape index (κ1) is 16.6. The number of amides is 1. The molecule has 3 rings (SSSR count). The molecular formula is C20H25N3O. The van der Waals surface area contributed by atoms with Crippen LogP contribution in [0.4, 0.5) is 0 Å². The minimum absolute atomic E-state index is 0.0749. The first-order valence-corrected chi connectivity index (χ1v) is 8.39. The molecule has 2 heterocycles. The van der Waals surface area contributed by atoms with Crippen LogP contribution in [0.5, 0.6) is 0 Å². The van der Waals surface area contributed by atoms with Crippen molar-refractivity contribution in [3.05, 3.63) is 57.7 Å². The van der Waals surface area contributed by atoms with Crippen molar-refractivity contribution in [2.75, 3.05) is 0 Å². The van der Waals surface area contributed by atoms with Gasteiger partial charge in [-0.15, -0.1) is 0 Å². The molecule has 0 saturated carbocycles. The zero-order valence-corrected chi connectivity index (χ0v) is 15.4. The summed E-state index contributed by atoms with van der Waals surface area (Å²) in [7, 11) is 0. The maximum atomic E-state index is 13.0. The van der Waals surface area contributed by atoms with E-state index < -0.39 is 0 Å². The third kappa shape index (κ3) is 2.93. The summed E-state index contributed by atoms with van der Waals surface area (Å²) >= 11 is 0. The number of carbonyl (C=O) groups excluding carboxylic acids is 1. The molecule has 24 heavy (non-hydrogen) atoms. The summed E-state index contributed by atoms with van der Waals surface area (Å²) in [6.07, 6.45) is 1.88. The maximum Gasteiger partial charge on any atom is 0.254 e. The quantitative estimate of drug-likeness (QED) is 0.800. The summed E-state index contributed by atoms with van der Waals surface area (Å²) < 4.78 is 0. The number of benzene rings is 1. The standard InChI is InChI=1S/C20H25N3O/c1-12-7-14(3)16(8-13(12)2)18(24)23-10-15-9-21-19(20(4,5)6)22-17(15)11-23/h7-9H,10-11H2,1-6H3. The number of hydrogen-bond acceptors (Lipinski definition) is 3. The van der Waals surface area contributed by atoms with E-state index in [0.717, 1.165) is 33.8 Å². The Morgan fingerprint density at radius 1 is 1.04 bits per heavy atom. The van der Waals surface area contributed by atoms with Gasteiger partial charge in [-0.3, -0.25) is 4.79 Å². The van der Waals surface area contributed by atoms with E-state index in [-0.39, 0.29) is 11.3 Å². The average molecular weight is 323 g/mol. The number of aromatic nitrogens is 2. The molecule has 126 valence electrons. The van der Waals surface area contributed by atoms with Crippen molar-refractivity contribution >= 4 is 5.91 Å². The van der Waals surface area contributed by atoms with E-state index in [1.165, 1.54) is 5.56 Å². The van der Waals surface area contributed by atoms with Crippen molar-refractivity contribution in [2.45, 2.75) is 60.0 Å². The lowest BCUT2D eigenvalue weighted by Crippen LogP contribution is -2.26. The van der Waals surface area contributed by atoms with Gasteiger partial charge in [-0.05, 0) is 43.5 Å². The highest BCUT2D eigenvalue weighted by Crippen LogP contribution is 2.27. The Hall–Kier alpha value is -2.23. The predicted octanol–water partition coefficient (Wildman–Crippen LogP) is 3.86. The van der Waals surface area contributed by atoms with Crippen molar-refractivity contribution in [1.29, 1.82) is 0 Å². The van der Waals surface area contributed by atoms with Gasteiger partial charge in [0.05, 0.1) is 12.2 Å². The zero-order chi connectivity index (χ0) is 17.6. The molecule has 0 fully saturated rings. The molecule has 0 aliphatic carbocycles. The second-order valence-electron chi connectivity index (χ2n) is 7.83. The fourth-order valence-corrected chi connectivity index (χ4v) is 3.02. The largest absolute Gasteiger partial charge is 0.328 e. The van der Waals surface area contributed by atoms with Gasteiger partial charge in [0.15, 0.2) is 0 Å². The highest BCUT2D eigenvalue weighted by Gasteiger charge is 2.28. The van der Waals surface area contributed by atoms with Gasteiger partial charge in [0.2, 0.25) is 0 Å². The van der Waals surface area contributed by atoms with E-state index in [1.807, 2.05) is 31.0 Å². The molecule has 1 amide bonds. The Kier molecular flexibility index (Phi) is 3.94. The van der Waals surface area contributed by atoms with Crippen molar-refractivity contribution in [3.8, 4) is 0 Å². The van der Waals surface area contributed by atoms with Crippen LogP contribution in [0.15, 0.2) is 18.3 Å². The van der Waals surface area contributed by atoms with Crippen molar-refractivity contribution in [2.24, 2.45) is 0 Å². The zero-order valence-electron chi connectivity index (χ0n) is 15.4. The van der Waals surface area contributed by atoms with Gasteiger partial charge in [0, 0.05) is 29.3 Å². The SMILES string of the molecule is Cc1cc(C)c(C(=O)N2Cc3cnc(C(C)(C)C)nc3C2)cc1C. The van der Waals surface area contributed by atoms with Gasteiger partial charge in [-0.1, -0.05) is 26.8 Å². The smallest absolute Gasteiger partial charge is 0.254 e. The van der Waals surface area contributed by atoms with Gasteiger partial charge in [-0.25, -0.2) is 9.97 Å². The number of rotatable bonds is 1. The Balaban J connectivity index is 1.88. The maximum absolute atomic E-state index is 13.0. The number of fused-ring (bicyclic) bond motifs is 1. The third-order valence-electron chi connectivity index (χ3n) is 4.69. The van der Waals surface area contributed by atoms with Crippen LogP contribution in [0.2, 0.25) is 0 Å². The molecule has 4 nitrogen and oxygen atoms in total. The highest BCUT2D eigenvalue weighted by atomic mass is 16.2. The summed E-state index contributed by atoms with van der Waals surface area (Å²) in [6, 6.07) is 4.09. The van der Waals surface area contributed by atoms with E-state index in [9.17, 15) is 4.79 Å². The molecule has 0 bridgehead atoms. The number of carbonyl (C=O) groups is 1. The van der Waals surface area contributed by atoms with Gasteiger partial charge in [-0.2, -0.15) is 0 Å². The topological polar surface area (TPSA) is 46.1 Å². The van der Waals surface area contributed by atoms with Crippen LogP contribution >= 0.6 is 0 Å². The normalized spacial score (nSPS) is 14.0. The van der Waals surface area contributed by atoms with E-state index >= 15 is 0 Å². The van der Waals surface area contributed by atoms with Crippen molar-refractivity contribution < 1.29 is 4.79 Å². The number of aryl methyl sites for hydroxylation is 3. The molecule has 0 saturated heterocycles. The fourth-order valence-electron chi connectivity index (χ4n) is 3.02. The first-order valence-electron chi connectivity index (χ1n) is 8.39. The van der Waals surface area contributed by atoms with E-state index in [0.29, 0.717) is 13.1 Å². The molecular weight excluding hydrogens is 298 g/mol. The molecule has 0 radical (unpaired) electrons. The second-order valence-corrected chi connectivity index (χ2v) is 7.83. The van der Waals surface area contributed by atoms with Crippen molar-refractivity contribution in [1.82, 2.24) is 14.9 Å². The van der Waals surface area contributed by atoms with E-state index in [2.05, 4.69) is 38.7 Å². The van der Waals surface area contributed by atoms with E-state index in [4.69, 9.17) is 4.98 Å². The summed E-state index contributed by atoms with van der Waals surface area (Å²) in [5.41, 5.74) is 6.12. The Labute approximate surface area is 143 Å². The molecule has 2 aromatic rings. The minimum atomic E-state index is -0.0862. The summed E-state index contributed by atoms with van der Waals surface area (Å²) in [5.74, 6) is 0.906. The molecule has 1 aliphatic heterocycles. The molecule has 1 aromatic carbocycles. The van der Waals surface area contributed by atoms with E-state index in [1.54, 1.807) is 0 Å².